The molecule has 0 aromatic rings. The molecule has 116 valence electrons. The maximum atomic E-state index is 12.1. The van der Waals surface area contributed by atoms with E-state index in [0.29, 0.717) is 19.5 Å². The first kappa shape index (κ1) is 16.8. The maximum Gasteiger partial charge on any atom is 0.317 e. The number of carboxylic acids is 1. The third-order valence-corrected chi connectivity index (χ3v) is 3.92. The van der Waals surface area contributed by atoms with Crippen LogP contribution in [0.1, 0.15) is 58.8 Å². The lowest BCUT2D eigenvalue weighted by molar-refractivity contribution is -0.143. The SMILES string of the molecule is CCCCCCC(C)NC(=O)N1CCC[C@H](C(=O)O)C1. The zero-order chi connectivity index (χ0) is 15.0. The molecule has 2 amide bonds. The molecule has 2 atom stereocenters. The average Bonchev–Trinajstić information content (AvgIpc) is 2.43. The molecule has 1 fully saturated rings. The second kappa shape index (κ2) is 8.82. The van der Waals surface area contributed by atoms with Crippen molar-refractivity contribution < 1.29 is 14.7 Å². The summed E-state index contributed by atoms with van der Waals surface area (Å²) in [6.45, 7) is 5.20. The van der Waals surface area contributed by atoms with Gasteiger partial charge < -0.3 is 15.3 Å². The largest absolute Gasteiger partial charge is 0.481 e. The van der Waals surface area contributed by atoms with Gasteiger partial charge in [-0.1, -0.05) is 32.6 Å². The van der Waals surface area contributed by atoms with E-state index in [-0.39, 0.29) is 12.1 Å². The smallest absolute Gasteiger partial charge is 0.317 e. The first-order chi connectivity index (χ1) is 9.54. The summed E-state index contributed by atoms with van der Waals surface area (Å²) in [7, 11) is 0. The number of nitrogens with zero attached hydrogens (tertiary/aromatic N) is 1. The zero-order valence-electron chi connectivity index (χ0n) is 12.7. The third kappa shape index (κ3) is 5.80. The zero-order valence-corrected chi connectivity index (χ0v) is 12.7. The molecule has 5 nitrogen and oxygen atoms in total. The Bertz CT molecular complexity index is 320. The van der Waals surface area contributed by atoms with Crippen molar-refractivity contribution in [2.75, 3.05) is 13.1 Å². The van der Waals surface area contributed by atoms with Gasteiger partial charge in [0.15, 0.2) is 0 Å². The van der Waals surface area contributed by atoms with E-state index in [1.54, 1.807) is 4.90 Å². The Morgan fingerprint density at radius 1 is 1.35 bits per heavy atom. The number of unbranched alkanes of at least 4 members (excludes halogenated alkanes) is 3. The number of hydrogen-bond acceptors (Lipinski definition) is 2. The highest BCUT2D eigenvalue weighted by Crippen LogP contribution is 2.17. The number of carboxylic acid groups (broad SMARTS) is 1. The molecule has 0 saturated carbocycles. The highest BCUT2D eigenvalue weighted by atomic mass is 16.4. The van der Waals surface area contributed by atoms with Gasteiger partial charge >= 0.3 is 12.0 Å². The normalized spacial score (nSPS) is 20.5. The molecule has 2 N–H and O–H groups in total. The van der Waals surface area contributed by atoms with E-state index in [4.69, 9.17) is 5.11 Å². The summed E-state index contributed by atoms with van der Waals surface area (Å²) in [5.74, 6) is -1.20. The molecule has 0 aliphatic carbocycles. The van der Waals surface area contributed by atoms with Crippen LogP contribution in [0.5, 0.6) is 0 Å². The lowest BCUT2D eigenvalue weighted by Crippen LogP contribution is -2.49. The van der Waals surface area contributed by atoms with Crippen LogP contribution in [0, 0.1) is 5.92 Å². The van der Waals surface area contributed by atoms with Gasteiger partial charge in [0.1, 0.15) is 0 Å². The molecule has 5 heteroatoms. The Balaban J connectivity index is 2.28. The summed E-state index contributed by atoms with van der Waals surface area (Å²) in [5, 5.41) is 12.0. The Kier molecular flexibility index (Phi) is 7.41. The van der Waals surface area contributed by atoms with Gasteiger partial charge in [-0.15, -0.1) is 0 Å². The molecular weight excluding hydrogens is 256 g/mol. The van der Waals surface area contributed by atoms with Crippen LogP contribution in [0.25, 0.3) is 0 Å². The second-order valence-electron chi connectivity index (χ2n) is 5.82. The Morgan fingerprint density at radius 2 is 2.10 bits per heavy atom. The van der Waals surface area contributed by atoms with Crippen LogP contribution in [-0.4, -0.2) is 41.1 Å². The van der Waals surface area contributed by atoms with E-state index in [9.17, 15) is 9.59 Å². The van der Waals surface area contributed by atoms with Crippen molar-refractivity contribution in [1.82, 2.24) is 10.2 Å². The lowest BCUT2D eigenvalue weighted by Gasteiger charge is -2.31. The predicted octanol–water partition coefficient (Wildman–Crippen LogP) is 2.85. The van der Waals surface area contributed by atoms with Gasteiger partial charge in [-0.25, -0.2) is 4.79 Å². The van der Waals surface area contributed by atoms with Crippen molar-refractivity contribution in [2.45, 2.75) is 64.8 Å². The van der Waals surface area contributed by atoms with Crippen molar-refractivity contribution in [1.29, 1.82) is 0 Å². The van der Waals surface area contributed by atoms with E-state index in [0.717, 1.165) is 19.3 Å². The number of carbonyl (C=O) groups excluding carboxylic acids is 1. The number of amides is 2. The molecule has 0 aromatic carbocycles. The third-order valence-electron chi connectivity index (χ3n) is 3.92. The van der Waals surface area contributed by atoms with Gasteiger partial charge in [0, 0.05) is 19.1 Å². The molecule has 1 aliphatic heterocycles. The second-order valence-corrected chi connectivity index (χ2v) is 5.82. The maximum absolute atomic E-state index is 12.1. The van der Waals surface area contributed by atoms with E-state index in [2.05, 4.69) is 12.2 Å². The van der Waals surface area contributed by atoms with Crippen molar-refractivity contribution in [2.24, 2.45) is 5.92 Å². The number of urea groups is 1. The Morgan fingerprint density at radius 3 is 2.75 bits per heavy atom. The Hall–Kier alpha value is -1.26. The summed E-state index contributed by atoms with van der Waals surface area (Å²) in [6.07, 6.45) is 7.23. The predicted molar refractivity (Wildman–Crippen MR) is 78.7 cm³/mol. The fourth-order valence-electron chi connectivity index (χ4n) is 2.61. The van der Waals surface area contributed by atoms with Crippen LogP contribution in [0.3, 0.4) is 0 Å². The highest BCUT2D eigenvalue weighted by molar-refractivity contribution is 5.76. The number of aliphatic carboxylic acids is 1. The van der Waals surface area contributed by atoms with E-state index < -0.39 is 11.9 Å². The van der Waals surface area contributed by atoms with Gasteiger partial charge in [-0.3, -0.25) is 4.79 Å². The molecule has 1 rings (SSSR count). The van der Waals surface area contributed by atoms with Gasteiger partial charge in [-0.2, -0.15) is 0 Å². The Labute approximate surface area is 121 Å². The van der Waals surface area contributed by atoms with Crippen LogP contribution < -0.4 is 5.32 Å². The molecule has 0 radical (unpaired) electrons. The fraction of sp³-hybridized carbons (Fsp3) is 0.867. The number of nitrogens with one attached hydrogen (secondary N) is 1. The monoisotopic (exact) mass is 284 g/mol. The average molecular weight is 284 g/mol. The summed E-state index contributed by atoms with van der Waals surface area (Å²) >= 11 is 0. The summed E-state index contributed by atoms with van der Waals surface area (Å²) in [4.78, 5) is 24.7. The molecule has 1 saturated heterocycles. The number of piperidine rings is 1. The number of carbonyl (C=O) groups is 2. The molecule has 20 heavy (non-hydrogen) atoms. The summed E-state index contributed by atoms with van der Waals surface area (Å²) in [5.41, 5.74) is 0. The fourth-order valence-corrected chi connectivity index (χ4v) is 2.61. The van der Waals surface area contributed by atoms with Crippen LogP contribution in [-0.2, 0) is 4.79 Å². The first-order valence-electron chi connectivity index (χ1n) is 7.82. The molecule has 0 spiro atoms. The van der Waals surface area contributed by atoms with Crippen molar-refractivity contribution in [3.05, 3.63) is 0 Å². The van der Waals surface area contributed by atoms with E-state index in [1.807, 2.05) is 6.92 Å². The quantitative estimate of drug-likeness (QED) is 0.706. The number of rotatable bonds is 7. The van der Waals surface area contributed by atoms with Crippen molar-refractivity contribution >= 4 is 12.0 Å². The van der Waals surface area contributed by atoms with Crippen LogP contribution in [0.2, 0.25) is 0 Å². The minimum atomic E-state index is -0.796. The van der Waals surface area contributed by atoms with Gasteiger partial charge in [0.25, 0.3) is 0 Å². The van der Waals surface area contributed by atoms with E-state index >= 15 is 0 Å². The minimum Gasteiger partial charge on any atom is -0.481 e. The summed E-state index contributed by atoms with van der Waals surface area (Å²) in [6, 6.07) is 0.0449. The van der Waals surface area contributed by atoms with Gasteiger partial charge in [0.2, 0.25) is 0 Å². The first-order valence-corrected chi connectivity index (χ1v) is 7.82. The number of likely N-dealkylation sites (tertiary alicyclic amines) is 1. The molecule has 0 bridgehead atoms. The minimum absolute atomic E-state index is 0.112. The van der Waals surface area contributed by atoms with Crippen molar-refractivity contribution in [3.63, 3.8) is 0 Å². The van der Waals surface area contributed by atoms with E-state index in [1.165, 1.54) is 19.3 Å². The molecule has 1 aliphatic rings. The van der Waals surface area contributed by atoms with Crippen molar-refractivity contribution in [3.8, 4) is 0 Å². The lowest BCUT2D eigenvalue weighted by atomic mass is 9.98. The summed E-state index contributed by atoms with van der Waals surface area (Å²) < 4.78 is 0. The van der Waals surface area contributed by atoms with Crippen LogP contribution in [0.4, 0.5) is 4.79 Å². The molecule has 1 unspecified atom stereocenters. The topological polar surface area (TPSA) is 69.6 Å². The molecule has 0 aromatic heterocycles. The van der Waals surface area contributed by atoms with Gasteiger partial charge in [0.05, 0.1) is 5.92 Å². The van der Waals surface area contributed by atoms with Gasteiger partial charge in [-0.05, 0) is 26.2 Å². The van der Waals surface area contributed by atoms with Crippen LogP contribution >= 0.6 is 0 Å². The standard InChI is InChI=1S/C15H28N2O3/c1-3-4-5-6-8-12(2)16-15(20)17-10-7-9-13(11-17)14(18)19/h12-13H,3-11H2,1-2H3,(H,16,20)(H,18,19)/t12?,13-/m0/s1. The number of hydrogen-bond donors (Lipinski definition) is 2. The molecule has 1 heterocycles. The van der Waals surface area contributed by atoms with Crippen LogP contribution in [0.15, 0.2) is 0 Å². The molecular formula is C15H28N2O3. The highest BCUT2D eigenvalue weighted by Gasteiger charge is 2.28.